The number of hydrogen-bond donors (Lipinski definition) is 1. The summed E-state index contributed by atoms with van der Waals surface area (Å²) in [5.74, 6) is 0. The number of hydrogen-bond acceptors (Lipinski definition) is 2. The number of halogens is 1. The van der Waals surface area contributed by atoms with E-state index in [1.54, 1.807) is 18.3 Å². The summed E-state index contributed by atoms with van der Waals surface area (Å²) < 4.78 is 0. The summed E-state index contributed by atoms with van der Waals surface area (Å²) in [5.41, 5.74) is 1.94. The molecule has 1 unspecified atom stereocenters. The number of urea groups is 1. The zero-order chi connectivity index (χ0) is 16.1. The first-order chi connectivity index (χ1) is 11.2. The van der Waals surface area contributed by atoms with Gasteiger partial charge in [0.25, 0.3) is 0 Å². The quantitative estimate of drug-likeness (QED) is 0.909. The van der Waals surface area contributed by atoms with Crippen molar-refractivity contribution in [3.8, 4) is 0 Å². The van der Waals surface area contributed by atoms with Gasteiger partial charge in [-0.1, -0.05) is 17.7 Å². The Morgan fingerprint density at radius 2 is 2.09 bits per heavy atom. The van der Waals surface area contributed by atoms with Crippen LogP contribution < -0.4 is 5.32 Å². The average Bonchev–Trinajstić information content (AvgIpc) is 2.58. The summed E-state index contributed by atoms with van der Waals surface area (Å²) in [6.07, 6.45) is 7.75. The number of piperidine rings is 1. The Labute approximate surface area is 141 Å². The maximum absolute atomic E-state index is 12.6. The summed E-state index contributed by atoms with van der Waals surface area (Å²) in [6.45, 7) is 0.796. The standard InChI is InChI=1S/C18H20ClN3O/c19-15-6-8-16(9-7-15)21-18(23)22-11-2-1-5-17(22)12-14-4-3-10-20-13-14/h3-4,6-10,13,17H,1-2,5,11-12H2,(H,21,23). The van der Waals surface area contributed by atoms with Crippen molar-refractivity contribution in [2.24, 2.45) is 0 Å². The van der Waals surface area contributed by atoms with E-state index in [-0.39, 0.29) is 12.1 Å². The SMILES string of the molecule is O=C(Nc1ccc(Cl)cc1)N1CCCCC1Cc1cccnc1. The van der Waals surface area contributed by atoms with Gasteiger partial charge in [-0.15, -0.1) is 0 Å². The van der Waals surface area contributed by atoms with Crippen LogP contribution in [0, 0.1) is 0 Å². The highest BCUT2D eigenvalue weighted by Crippen LogP contribution is 2.22. The third-order valence-electron chi connectivity index (χ3n) is 4.18. The molecule has 1 saturated heterocycles. The first-order valence-electron chi connectivity index (χ1n) is 7.94. The molecule has 2 heterocycles. The first-order valence-corrected chi connectivity index (χ1v) is 8.32. The molecule has 23 heavy (non-hydrogen) atoms. The van der Waals surface area contributed by atoms with Crippen molar-refractivity contribution in [1.82, 2.24) is 9.88 Å². The van der Waals surface area contributed by atoms with Crippen LogP contribution in [0.1, 0.15) is 24.8 Å². The van der Waals surface area contributed by atoms with E-state index in [9.17, 15) is 4.79 Å². The minimum Gasteiger partial charge on any atom is -0.321 e. The molecule has 1 aromatic carbocycles. The molecule has 0 spiro atoms. The molecule has 1 N–H and O–H groups in total. The van der Waals surface area contributed by atoms with Crippen molar-refractivity contribution < 1.29 is 4.79 Å². The van der Waals surface area contributed by atoms with Crippen molar-refractivity contribution in [2.75, 3.05) is 11.9 Å². The molecule has 5 heteroatoms. The first kappa shape index (κ1) is 15.8. The minimum atomic E-state index is -0.0408. The van der Waals surface area contributed by atoms with Crippen LogP contribution >= 0.6 is 11.6 Å². The van der Waals surface area contributed by atoms with E-state index in [0.717, 1.165) is 37.9 Å². The van der Waals surface area contributed by atoms with E-state index >= 15 is 0 Å². The normalized spacial score (nSPS) is 17.8. The third-order valence-corrected chi connectivity index (χ3v) is 4.43. The zero-order valence-electron chi connectivity index (χ0n) is 12.9. The molecule has 1 atom stereocenters. The molecule has 0 aliphatic carbocycles. The number of nitrogens with one attached hydrogen (secondary N) is 1. The number of benzene rings is 1. The van der Waals surface area contributed by atoms with Crippen LogP contribution in [0.5, 0.6) is 0 Å². The predicted molar refractivity (Wildman–Crippen MR) is 92.8 cm³/mol. The van der Waals surface area contributed by atoms with Crippen LogP contribution in [0.25, 0.3) is 0 Å². The molecule has 0 radical (unpaired) electrons. The summed E-state index contributed by atoms with van der Waals surface area (Å²) in [7, 11) is 0. The van der Waals surface area contributed by atoms with Gasteiger partial charge in [0.05, 0.1) is 0 Å². The average molecular weight is 330 g/mol. The van der Waals surface area contributed by atoms with E-state index in [0.29, 0.717) is 5.02 Å². The molecular formula is C18H20ClN3O. The van der Waals surface area contributed by atoms with Gasteiger partial charge in [0.1, 0.15) is 0 Å². The number of likely N-dealkylation sites (tertiary alicyclic amines) is 1. The van der Waals surface area contributed by atoms with Crippen molar-refractivity contribution in [3.63, 3.8) is 0 Å². The molecule has 2 amide bonds. The Bertz CT molecular complexity index is 645. The molecular weight excluding hydrogens is 310 g/mol. The van der Waals surface area contributed by atoms with Gasteiger partial charge in [-0.05, 0) is 61.6 Å². The highest BCUT2D eigenvalue weighted by molar-refractivity contribution is 6.30. The van der Waals surface area contributed by atoms with E-state index in [4.69, 9.17) is 11.6 Å². The van der Waals surface area contributed by atoms with Gasteiger partial charge in [-0.3, -0.25) is 4.98 Å². The van der Waals surface area contributed by atoms with E-state index < -0.39 is 0 Å². The molecule has 1 fully saturated rings. The highest BCUT2D eigenvalue weighted by Gasteiger charge is 2.26. The van der Waals surface area contributed by atoms with Crippen molar-refractivity contribution >= 4 is 23.3 Å². The van der Waals surface area contributed by atoms with Crippen LogP contribution in [0.2, 0.25) is 5.02 Å². The second-order valence-electron chi connectivity index (χ2n) is 5.85. The summed E-state index contributed by atoms with van der Waals surface area (Å²) in [4.78, 5) is 18.7. The fraction of sp³-hybridized carbons (Fsp3) is 0.333. The van der Waals surface area contributed by atoms with Gasteiger partial charge in [0.2, 0.25) is 0 Å². The van der Waals surface area contributed by atoms with Gasteiger partial charge in [0.15, 0.2) is 0 Å². The monoisotopic (exact) mass is 329 g/mol. The van der Waals surface area contributed by atoms with Gasteiger partial charge in [-0.2, -0.15) is 0 Å². The molecule has 3 rings (SSSR count). The summed E-state index contributed by atoms with van der Waals surface area (Å²) >= 11 is 5.88. The highest BCUT2D eigenvalue weighted by atomic mass is 35.5. The van der Waals surface area contributed by atoms with Crippen LogP contribution in [0.15, 0.2) is 48.8 Å². The lowest BCUT2D eigenvalue weighted by Gasteiger charge is -2.35. The van der Waals surface area contributed by atoms with Gasteiger partial charge < -0.3 is 10.2 Å². The molecule has 1 aliphatic heterocycles. The van der Waals surface area contributed by atoms with E-state index in [1.807, 2.05) is 29.3 Å². The Kier molecular flexibility index (Phi) is 5.13. The summed E-state index contributed by atoms with van der Waals surface area (Å²) in [6, 6.07) is 11.4. The molecule has 4 nitrogen and oxygen atoms in total. The van der Waals surface area contributed by atoms with Crippen molar-refractivity contribution in [1.29, 1.82) is 0 Å². The lowest BCUT2D eigenvalue weighted by atomic mass is 9.96. The number of aromatic nitrogens is 1. The van der Waals surface area contributed by atoms with Crippen molar-refractivity contribution in [3.05, 3.63) is 59.4 Å². The molecule has 0 saturated carbocycles. The van der Waals surface area contributed by atoms with Crippen LogP contribution in [0.3, 0.4) is 0 Å². The Morgan fingerprint density at radius 1 is 1.26 bits per heavy atom. The number of amides is 2. The van der Waals surface area contributed by atoms with E-state index in [2.05, 4.69) is 16.4 Å². The topological polar surface area (TPSA) is 45.2 Å². The number of carbonyl (C=O) groups excluding carboxylic acids is 1. The number of rotatable bonds is 3. The smallest absolute Gasteiger partial charge is 0.321 e. The Morgan fingerprint density at radius 3 is 2.83 bits per heavy atom. The molecule has 1 aromatic heterocycles. The fourth-order valence-electron chi connectivity index (χ4n) is 3.00. The number of pyridine rings is 1. The van der Waals surface area contributed by atoms with Gasteiger partial charge in [-0.25, -0.2) is 4.79 Å². The van der Waals surface area contributed by atoms with Gasteiger partial charge >= 0.3 is 6.03 Å². The number of carbonyl (C=O) groups is 1. The second-order valence-corrected chi connectivity index (χ2v) is 6.28. The molecule has 0 bridgehead atoms. The Hall–Kier alpha value is -2.07. The lowest BCUT2D eigenvalue weighted by Crippen LogP contribution is -2.46. The lowest BCUT2D eigenvalue weighted by molar-refractivity contribution is 0.162. The molecule has 2 aromatic rings. The minimum absolute atomic E-state index is 0.0408. The van der Waals surface area contributed by atoms with Crippen LogP contribution in [-0.4, -0.2) is 28.5 Å². The van der Waals surface area contributed by atoms with E-state index in [1.165, 1.54) is 5.56 Å². The maximum Gasteiger partial charge on any atom is 0.322 e. The largest absolute Gasteiger partial charge is 0.322 e. The molecule has 1 aliphatic rings. The van der Waals surface area contributed by atoms with Crippen molar-refractivity contribution in [2.45, 2.75) is 31.7 Å². The van der Waals surface area contributed by atoms with Gasteiger partial charge in [0, 0.05) is 35.7 Å². The predicted octanol–water partition coefficient (Wildman–Crippen LogP) is 4.36. The van der Waals surface area contributed by atoms with Crippen LogP contribution in [0.4, 0.5) is 10.5 Å². The Balaban J connectivity index is 1.67. The third kappa shape index (κ3) is 4.23. The number of anilines is 1. The molecule has 120 valence electrons. The summed E-state index contributed by atoms with van der Waals surface area (Å²) in [5, 5.41) is 3.63. The number of nitrogens with zero attached hydrogens (tertiary/aromatic N) is 2. The fourth-order valence-corrected chi connectivity index (χ4v) is 3.13. The van der Waals surface area contributed by atoms with Crippen LogP contribution in [-0.2, 0) is 6.42 Å². The second kappa shape index (κ2) is 7.47. The zero-order valence-corrected chi connectivity index (χ0v) is 13.7. The maximum atomic E-state index is 12.6.